The van der Waals surface area contributed by atoms with Crippen LogP contribution in [0.1, 0.15) is 34.3 Å². The summed E-state index contributed by atoms with van der Waals surface area (Å²) in [4.78, 5) is 12.1. The first-order valence-corrected chi connectivity index (χ1v) is 7.01. The summed E-state index contributed by atoms with van der Waals surface area (Å²) in [5.74, 6) is 0.745. The molecular weight excluding hydrogens is 240 g/mol. The smallest absolute Gasteiger partial charge is 0.251 e. The molecule has 2 aliphatic rings. The van der Waals surface area contributed by atoms with Crippen LogP contribution in [0.3, 0.4) is 0 Å². The van der Waals surface area contributed by atoms with Crippen molar-refractivity contribution in [1.29, 1.82) is 0 Å². The molecule has 1 saturated heterocycles. The second-order valence-corrected chi connectivity index (χ2v) is 5.38. The molecule has 1 aromatic rings. The molecule has 1 atom stereocenters. The lowest BCUT2D eigenvalue weighted by atomic mass is 10.0. The van der Waals surface area contributed by atoms with E-state index in [9.17, 15) is 4.79 Å². The molecular formula is C15H20N2O2. The van der Waals surface area contributed by atoms with Gasteiger partial charge in [-0.25, -0.2) is 0 Å². The molecule has 4 heteroatoms. The topological polar surface area (TPSA) is 50.4 Å². The molecule has 4 nitrogen and oxygen atoms in total. The van der Waals surface area contributed by atoms with E-state index < -0.39 is 0 Å². The zero-order valence-electron chi connectivity index (χ0n) is 11.1. The Morgan fingerprint density at radius 2 is 2.26 bits per heavy atom. The van der Waals surface area contributed by atoms with Crippen molar-refractivity contribution in [2.24, 2.45) is 5.92 Å². The standard InChI is InChI=1S/C15H20N2O2/c18-15(17-6-4-11-3-5-16-8-11)12-1-2-13-9-19-10-14(13)7-12/h1-2,7,11,16H,3-6,8-10H2,(H,17,18). The maximum Gasteiger partial charge on any atom is 0.251 e. The minimum atomic E-state index is 0.0284. The average molecular weight is 260 g/mol. The highest BCUT2D eigenvalue weighted by molar-refractivity contribution is 5.94. The van der Waals surface area contributed by atoms with E-state index in [1.807, 2.05) is 18.2 Å². The van der Waals surface area contributed by atoms with Gasteiger partial charge in [0.1, 0.15) is 0 Å². The normalized spacial score (nSPS) is 21.4. The molecule has 1 amide bonds. The molecule has 1 aromatic carbocycles. The first kappa shape index (κ1) is 12.6. The van der Waals surface area contributed by atoms with Gasteiger partial charge < -0.3 is 15.4 Å². The van der Waals surface area contributed by atoms with E-state index in [0.717, 1.165) is 37.2 Å². The van der Waals surface area contributed by atoms with Crippen molar-refractivity contribution in [1.82, 2.24) is 10.6 Å². The summed E-state index contributed by atoms with van der Waals surface area (Å²) < 4.78 is 5.36. The van der Waals surface area contributed by atoms with Gasteiger partial charge in [-0.05, 0) is 55.1 Å². The lowest BCUT2D eigenvalue weighted by Crippen LogP contribution is -2.26. The predicted molar refractivity (Wildman–Crippen MR) is 72.9 cm³/mol. The number of carbonyl (C=O) groups is 1. The Morgan fingerprint density at radius 1 is 1.37 bits per heavy atom. The minimum Gasteiger partial charge on any atom is -0.372 e. The Balaban J connectivity index is 1.52. The largest absolute Gasteiger partial charge is 0.372 e. The number of ether oxygens (including phenoxy) is 1. The van der Waals surface area contributed by atoms with E-state index in [2.05, 4.69) is 10.6 Å². The molecule has 1 unspecified atom stereocenters. The number of amides is 1. The van der Waals surface area contributed by atoms with Crippen LogP contribution in [0.2, 0.25) is 0 Å². The van der Waals surface area contributed by atoms with Crippen LogP contribution in [-0.4, -0.2) is 25.5 Å². The monoisotopic (exact) mass is 260 g/mol. The van der Waals surface area contributed by atoms with Gasteiger partial charge in [0.2, 0.25) is 0 Å². The van der Waals surface area contributed by atoms with Crippen LogP contribution in [0.25, 0.3) is 0 Å². The lowest BCUT2D eigenvalue weighted by molar-refractivity contribution is 0.0951. The fourth-order valence-corrected chi connectivity index (χ4v) is 2.77. The lowest BCUT2D eigenvalue weighted by Gasteiger charge is -2.10. The van der Waals surface area contributed by atoms with E-state index in [1.165, 1.54) is 12.0 Å². The molecule has 0 radical (unpaired) electrons. The van der Waals surface area contributed by atoms with Gasteiger partial charge in [-0.2, -0.15) is 0 Å². The third-order valence-electron chi connectivity index (χ3n) is 3.98. The number of hydrogen-bond acceptors (Lipinski definition) is 3. The van der Waals surface area contributed by atoms with Crippen LogP contribution in [-0.2, 0) is 18.0 Å². The van der Waals surface area contributed by atoms with E-state index in [0.29, 0.717) is 19.1 Å². The summed E-state index contributed by atoms with van der Waals surface area (Å²) in [5.41, 5.74) is 3.09. The number of nitrogens with one attached hydrogen (secondary N) is 2. The molecule has 2 aliphatic heterocycles. The van der Waals surface area contributed by atoms with Crippen LogP contribution >= 0.6 is 0 Å². The van der Waals surface area contributed by atoms with Crippen molar-refractivity contribution >= 4 is 5.91 Å². The van der Waals surface area contributed by atoms with Gasteiger partial charge in [-0.15, -0.1) is 0 Å². The van der Waals surface area contributed by atoms with Gasteiger partial charge in [-0.3, -0.25) is 4.79 Å². The molecule has 102 valence electrons. The van der Waals surface area contributed by atoms with Crippen molar-refractivity contribution in [2.45, 2.75) is 26.1 Å². The van der Waals surface area contributed by atoms with Gasteiger partial charge in [0.05, 0.1) is 13.2 Å². The fraction of sp³-hybridized carbons (Fsp3) is 0.533. The Labute approximate surface area is 113 Å². The Kier molecular flexibility index (Phi) is 3.80. The quantitative estimate of drug-likeness (QED) is 0.861. The Morgan fingerprint density at radius 3 is 3.11 bits per heavy atom. The van der Waals surface area contributed by atoms with Crippen LogP contribution in [0.5, 0.6) is 0 Å². The fourth-order valence-electron chi connectivity index (χ4n) is 2.77. The molecule has 0 spiro atoms. The summed E-state index contributed by atoms with van der Waals surface area (Å²) in [6, 6.07) is 5.84. The highest BCUT2D eigenvalue weighted by Gasteiger charge is 2.16. The second kappa shape index (κ2) is 5.72. The predicted octanol–water partition coefficient (Wildman–Crippen LogP) is 1.45. The summed E-state index contributed by atoms with van der Waals surface area (Å²) >= 11 is 0. The van der Waals surface area contributed by atoms with Crippen molar-refractivity contribution in [2.75, 3.05) is 19.6 Å². The first-order chi connectivity index (χ1) is 9.33. The maximum atomic E-state index is 12.1. The number of benzene rings is 1. The van der Waals surface area contributed by atoms with Crippen LogP contribution < -0.4 is 10.6 Å². The summed E-state index contributed by atoms with van der Waals surface area (Å²) in [7, 11) is 0. The second-order valence-electron chi connectivity index (χ2n) is 5.38. The van der Waals surface area contributed by atoms with Crippen LogP contribution in [0, 0.1) is 5.92 Å². The van der Waals surface area contributed by atoms with Crippen molar-refractivity contribution in [3.8, 4) is 0 Å². The molecule has 2 N–H and O–H groups in total. The number of rotatable bonds is 4. The number of hydrogen-bond donors (Lipinski definition) is 2. The summed E-state index contributed by atoms with van der Waals surface area (Å²) in [6.07, 6.45) is 2.29. The van der Waals surface area contributed by atoms with E-state index in [1.54, 1.807) is 0 Å². The molecule has 0 bridgehead atoms. The highest BCUT2D eigenvalue weighted by Crippen LogP contribution is 2.20. The molecule has 0 aromatic heterocycles. The molecule has 3 rings (SSSR count). The van der Waals surface area contributed by atoms with Crippen LogP contribution in [0.4, 0.5) is 0 Å². The third kappa shape index (κ3) is 2.96. The first-order valence-electron chi connectivity index (χ1n) is 7.01. The molecule has 0 aliphatic carbocycles. The zero-order chi connectivity index (χ0) is 13.1. The number of fused-ring (bicyclic) bond motifs is 1. The number of carbonyl (C=O) groups excluding carboxylic acids is 1. The van der Waals surface area contributed by atoms with Crippen molar-refractivity contribution in [3.63, 3.8) is 0 Å². The maximum absolute atomic E-state index is 12.1. The summed E-state index contributed by atoms with van der Waals surface area (Å²) in [6.45, 7) is 4.27. The Hall–Kier alpha value is -1.39. The van der Waals surface area contributed by atoms with Gasteiger partial charge >= 0.3 is 0 Å². The molecule has 19 heavy (non-hydrogen) atoms. The SMILES string of the molecule is O=C(NCCC1CCNC1)c1ccc2c(c1)COC2. The summed E-state index contributed by atoms with van der Waals surface area (Å²) in [5, 5.41) is 6.35. The van der Waals surface area contributed by atoms with Crippen LogP contribution in [0.15, 0.2) is 18.2 Å². The van der Waals surface area contributed by atoms with Gasteiger partial charge in [-0.1, -0.05) is 6.07 Å². The zero-order valence-corrected chi connectivity index (χ0v) is 11.1. The third-order valence-corrected chi connectivity index (χ3v) is 3.98. The van der Waals surface area contributed by atoms with E-state index >= 15 is 0 Å². The van der Waals surface area contributed by atoms with Gasteiger partial charge in [0.25, 0.3) is 5.91 Å². The van der Waals surface area contributed by atoms with Crippen molar-refractivity contribution in [3.05, 3.63) is 34.9 Å². The van der Waals surface area contributed by atoms with E-state index in [-0.39, 0.29) is 5.91 Å². The van der Waals surface area contributed by atoms with Crippen molar-refractivity contribution < 1.29 is 9.53 Å². The van der Waals surface area contributed by atoms with Gasteiger partial charge in [0.15, 0.2) is 0 Å². The molecule has 0 saturated carbocycles. The molecule has 2 heterocycles. The highest BCUT2D eigenvalue weighted by atomic mass is 16.5. The van der Waals surface area contributed by atoms with Gasteiger partial charge in [0, 0.05) is 12.1 Å². The molecule has 1 fully saturated rings. The average Bonchev–Trinajstić information content (AvgIpc) is 3.08. The van der Waals surface area contributed by atoms with E-state index in [4.69, 9.17) is 4.74 Å². The minimum absolute atomic E-state index is 0.0284. The Bertz CT molecular complexity index is 467.